The molecule has 2 nitrogen and oxygen atoms in total. The second-order valence-electron chi connectivity index (χ2n) is 5.62. The van der Waals surface area contributed by atoms with Gasteiger partial charge in [-0.1, -0.05) is 11.6 Å². The maximum Gasteiger partial charge on any atom is 0.162 e. The van der Waals surface area contributed by atoms with Gasteiger partial charge in [0.15, 0.2) is 11.5 Å². The van der Waals surface area contributed by atoms with Crippen LogP contribution in [0.25, 0.3) is 0 Å². The maximum atomic E-state index is 6.65. The summed E-state index contributed by atoms with van der Waals surface area (Å²) in [5, 5.41) is 0.637. The predicted octanol–water partition coefficient (Wildman–Crippen LogP) is 4.68. The highest BCUT2D eigenvalue weighted by Crippen LogP contribution is 2.59. The van der Waals surface area contributed by atoms with Crippen molar-refractivity contribution in [2.24, 2.45) is 17.8 Å². The summed E-state index contributed by atoms with van der Waals surface area (Å²) in [6, 6.07) is 3.71. The normalized spacial score (nSPS) is 29.8. The zero-order valence-electron chi connectivity index (χ0n) is 11.2. The van der Waals surface area contributed by atoms with Crippen LogP contribution in [-0.4, -0.2) is 14.2 Å². The molecule has 0 aliphatic heterocycles. The first-order valence-corrected chi connectivity index (χ1v) is 7.51. The molecule has 0 bridgehead atoms. The lowest BCUT2D eigenvalue weighted by atomic mass is 9.94. The van der Waals surface area contributed by atoms with E-state index in [1.165, 1.54) is 19.3 Å². The zero-order valence-corrected chi connectivity index (χ0v) is 12.7. The molecule has 0 N–H and O–H groups in total. The standard InChI is InChI=1S/C15H18Cl2O2/c1-18-13-6-11(12(16)7-14(13)19-2)15(17)10-4-8-3-9(8)5-10/h6-10,15H,3-5H2,1-2H3. The minimum Gasteiger partial charge on any atom is -0.493 e. The average molecular weight is 301 g/mol. The maximum absolute atomic E-state index is 6.65. The Morgan fingerprint density at radius 1 is 1.05 bits per heavy atom. The van der Waals surface area contributed by atoms with Crippen molar-refractivity contribution in [1.29, 1.82) is 0 Å². The van der Waals surface area contributed by atoms with Gasteiger partial charge in [-0.2, -0.15) is 0 Å². The van der Waals surface area contributed by atoms with Crippen LogP contribution in [0.2, 0.25) is 5.02 Å². The molecule has 2 saturated carbocycles. The van der Waals surface area contributed by atoms with Gasteiger partial charge in [0, 0.05) is 11.1 Å². The first kappa shape index (κ1) is 13.4. The molecule has 1 aromatic rings. The van der Waals surface area contributed by atoms with Gasteiger partial charge in [0.1, 0.15) is 0 Å². The third-order valence-electron chi connectivity index (χ3n) is 4.49. The summed E-state index contributed by atoms with van der Waals surface area (Å²) in [6.07, 6.45) is 3.88. The van der Waals surface area contributed by atoms with Crippen LogP contribution in [0.4, 0.5) is 0 Å². The highest BCUT2D eigenvalue weighted by molar-refractivity contribution is 6.33. The number of fused-ring (bicyclic) bond motifs is 1. The van der Waals surface area contributed by atoms with Crippen LogP contribution >= 0.6 is 23.2 Å². The summed E-state index contributed by atoms with van der Waals surface area (Å²) in [4.78, 5) is 0. The van der Waals surface area contributed by atoms with Gasteiger partial charge in [-0.3, -0.25) is 0 Å². The fraction of sp³-hybridized carbons (Fsp3) is 0.600. The van der Waals surface area contributed by atoms with Gasteiger partial charge in [0.05, 0.1) is 19.6 Å². The molecule has 0 saturated heterocycles. The molecule has 2 fully saturated rings. The molecule has 2 aliphatic rings. The second-order valence-corrected chi connectivity index (χ2v) is 6.50. The van der Waals surface area contributed by atoms with E-state index in [0.717, 1.165) is 17.4 Å². The third-order valence-corrected chi connectivity index (χ3v) is 5.41. The van der Waals surface area contributed by atoms with Gasteiger partial charge in [0.25, 0.3) is 0 Å². The first-order valence-electron chi connectivity index (χ1n) is 6.69. The van der Waals surface area contributed by atoms with E-state index in [-0.39, 0.29) is 5.38 Å². The Kier molecular flexibility index (Phi) is 3.57. The van der Waals surface area contributed by atoms with Crippen molar-refractivity contribution in [2.45, 2.75) is 24.6 Å². The lowest BCUT2D eigenvalue weighted by Crippen LogP contribution is -2.07. The Hall–Kier alpha value is -0.600. The van der Waals surface area contributed by atoms with E-state index in [9.17, 15) is 0 Å². The Labute approximate surface area is 124 Å². The van der Waals surface area contributed by atoms with Crippen LogP contribution in [-0.2, 0) is 0 Å². The number of ether oxygens (including phenoxy) is 2. The second kappa shape index (κ2) is 5.06. The van der Waals surface area contributed by atoms with Gasteiger partial charge in [-0.25, -0.2) is 0 Å². The van der Waals surface area contributed by atoms with Gasteiger partial charge in [0.2, 0.25) is 0 Å². The van der Waals surface area contributed by atoms with Gasteiger partial charge in [-0.05, 0) is 48.6 Å². The van der Waals surface area contributed by atoms with E-state index >= 15 is 0 Å². The number of alkyl halides is 1. The van der Waals surface area contributed by atoms with Crippen LogP contribution in [0, 0.1) is 17.8 Å². The molecule has 4 heteroatoms. The fourth-order valence-corrected chi connectivity index (χ4v) is 4.05. The van der Waals surface area contributed by atoms with E-state index in [2.05, 4.69) is 0 Å². The molecular formula is C15H18Cl2O2. The lowest BCUT2D eigenvalue weighted by molar-refractivity contribution is 0.354. The summed E-state index contributed by atoms with van der Waals surface area (Å²) < 4.78 is 10.6. The highest BCUT2D eigenvalue weighted by atomic mass is 35.5. The van der Waals surface area contributed by atoms with Crippen LogP contribution in [0.3, 0.4) is 0 Å². The largest absolute Gasteiger partial charge is 0.493 e. The van der Waals surface area contributed by atoms with Crippen molar-refractivity contribution in [2.75, 3.05) is 14.2 Å². The van der Waals surface area contributed by atoms with E-state index in [4.69, 9.17) is 32.7 Å². The van der Waals surface area contributed by atoms with Crippen molar-refractivity contribution in [3.63, 3.8) is 0 Å². The molecule has 3 atom stereocenters. The predicted molar refractivity (Wildman–Crippen MR) is 77.5 cm³/mol. The smallest absolute Gasteiger partial charge is 0.162 e. The van der Waals surface area contributed by atoms with E-state index in [0.29, 0.717) is 22.4 Å². The Balaban J connectivity index is 1.86. The molecule has 0 heterocycles. The Morgan fingerprint density at radius 3 is 2.21 bits per heavy atom. The van der Waals surface area contributed by atoms with Gasteiger partial charge in [-0.15, -0.1) is 11.6 Å². The molecule has 0 amide bonds. The zero-order chi connectivity index (χ0) is 13.6. The van der Waals surface area contributed by atoms with Crippen molar-refractivity contribution in [1.82, 2.24) is 0 Å². The molecule has 104 valence electrons. The molecule has 1 aromatic carbocycles. The summed E-state index contributed by atoms with van der Waals surface area (Å²) in [5.41, 5.74) is 0.965. The minimum absolute atomic E-state index is 0.0277. The van der Waals surface area contributed by atoms with Crippen LogP contribution in [0.1, 0.15) is 30.2 Å². The SMILES string of the molecule is COc1cc(Cl)c(C(Cl)C2CC3CC3C2)cc1OC. The summed E-state index contributed by atoms with van der Waals surface area (Å²) in [6.45, 7) is 0. The summed E-state index contributed by atoms with van der Waals surface area (Å²) in [5.74, 6) is 3.72. The Bertz CT molecular complexity index is 479. The average Bonchev–Trinajstić information content (AvgIpc) is 3.04. The van der Waals surface area contributed by atoms with Gasteiger partial charge >= 0.3 is 0 Å². The van der Waals surface area contributed by atoms with Crippen molar-refractivity contribution >= 4 is 23.2 Å². The molecule has 2 aliphatic carbocycles. The number of rotatable bonds is 4. The number of hydrogen-bond donors (Lipinski definition) is 0. The highest BCUT2D eigenvalue weighted by Gasteiger charge is 2.48. The number of methoxy groups -OCH3 is 2. The molecule has 19 heavy (non-hydrogen) atoms. The number of halogens is 2. The summed E-state index contributed by atoms with van der Waals surface area (Å²) in [7, 11) is 3.24. The van der Waals surface area contributed by atoms with Crippen LogP contribution in [0.5, 0.6) is 11.5 Å². The van der Waals surface area contributed by atoms with Crippen molar-refractivity contribution < 1.29 is 9.47 Å². The van der Waals surface area contributed by atoms with Crippen LogP contribution in [0.15, 0.2) is 12.1 Å². The summed E-state index contributed by atoms with van der Waals surface area (Å²) >= 11 is 13.0. The minimum atomic E-state index is -0.0277. The third kappa shape index (κ3) is 2.41. The van der Waals surface area contributed by atoms with E-state index < -0.39 is 0 Å². The molecular weight excluding hydrogens is 283 g/mol. The Morgan fingerprint density at radius 2 is 1.63 bits per heavy atom. The molecule has 3 unspecified atom stereocenters. The molecule has 0 radical (unpaired) electrons. The van der Waals surface area contributed by atoms with Crippen LogP contribution < -0.4 is 9.47 Å². The van der Waals surface area contributed by atoms with Crippen molar-refractivity contribution in [3.05, 3.63) is 22.7 Å². The molecule has 3 rings (SSSR count). The van der Waals surface area contributed by atoms with Gasteiger partial charge < -0.3 is 9.47 Å². The monoisotopic (exact) mass is 300 g/mol. The molecule has 0 spiro atoms. The van der Waals surface area contributed by atoms with E-state index in [1.807, 2.05) is 6.07 Å². The fourth-order valence-electron chi connectivity index (χ4n) is 3.34. The quantitative estimate of drug-likeness (QED) is 0.752. The van der Waals surface area contributed by atoms with E-state index in [1.54, 1.807) is 20.3 Å². The number of hydrogen-bond acceptors (Lipinski definition) is 2. The number of benzene rings is 1. The molecule has 0 aromatic heterocycles. The lowest BCUT2D eigenvalue weighted by Gasteiger charge is -2.21. The first-order chi connectivity index (χ1) is 9.13. The van der Waals surface area contributed by atoms with Crippen molar-refractivity contribution in [3.8, 4) is 11.5 Å². The topological polar surface area (TPSA) is 18.5 Å².